The van der Waals surface area contributed by atoms with Crippen molar-refractivity contribution in [2.24, 2.45) is 39.5 Å². The van der Waals surface area contributed by atoms with Gasteiger partial charge in [-0.3, -0.25) is 9.59 Å². The Kier molecular flexibility index (Phi) is 4.69. The smallest absolute Gasteiger partial charge is 0.302 e. The Morgan fingerprint density at radius 1 is 1.16 bits per heavy atom. The minimum atomic E-state index is -0.849. The van der Waals surface area contributed by atoms with Crippen molar-refractivity contribution in [3.8, 4) is 0 Å². The first-order valence-electron chi connectivity index (χ1n) is 12.1. The number of hydrogen-bond acceptors (Lipinski definition) is 6. The van der Waals surface area contributed by atoms with Crippen LogP contribution in [0.5, 0.6) is 0 Å². The molecule has 1 aliphatic heterocycles. The summed E-state index contributed by atoms with van der Waals surface area (Å²) >= 11 is 0. The molecule has 4 fully saturated rings. The normalized spacial score (nSPS) is 52.7. The molecule has 4 saturated carbocycles. The highest BCUT2D eigenvalue weighted by molar-refractivity contribution is 5.94. The van der Waals surface area contributed by atoms with Crippen molar-refractivity contribution >= 4 is 17.7 Å². The largest absolute Gasteiger partial charge is 0.475 e. The average Bonchev–Trinajstić information content (AvgIpc) is 3.12. The zero-order chi connectivity index (χ0) is 22.3. The Hall–Kier alpha value is -1.43. The van der Waals surface area contributed by atoms with E-state index in [0.29, 0.717) is 30.1 Å². The van der Waals surface area contributed by atoms with E-state index in [4.69, 9.17) is 14.5 Å². The minimum Gasteiger partial charge on any atom is -0.475 e. The molecule has 0 aromatic rings. The quantitative estimate of drug-likeness (QED) is 0.674. The van der Waals surface area contributed by atoms with E-state index in [2.05, 4.69) is 13.8 Å². The second-order valence-corrected chi connectivity index (χ2v) is 11.6. The van der Waals surface area contributed by atoms with Gasteiger partial charge >= 0.3 is 5.97 Å². The number of nitrogens with zero attached hydrogens (tertiary/aromatic N) is 1. The third-order valence-electron chi connectivity index (χ3n) is 10.3. The molecule has 5 rings (SSSR count). The molecule has 6 heteroatoms. The minimum absolute atomic E-state index is 0.00987. The molecular weight excluding hydrogens is 394 g/mol. The molecule has 0 bridgehead atoms. The maximum absolute atomic E-state index is 13.0. The molecular formula is C25H37NO5. The second kappa shape index (κ2) is 6.79. The lowest BCUT2D eigenvalue weighted by Crippen LogP contribution is -2.63. The van der Waals surface area contributed by atoms with E-state index in [1.165, 1.54) is 6.92 Å². The molecule has 0 unspecified atom stereocenters. The molecule has 31 heavy (non-hydrogen) atoms. The number of carbonyl (C=O) groups is 2. The number of fused-ring (bicyclic) bond motifs is 7. The number of aliphatic imine (C=N–C) groups is 1. The van der Waals surface area contributed by atoms with Gasteiger partial charge in [-0.2, -0.15) is 0 Å². The standard InChI is InChI=1S/C25H37NO5/c1-13(27)25-21(30-14(2)26-25)11-19-18-7-6-16-10-17(31-15(3)28)8-9-23(16,4)22(18)20(29)12-24(19,25)5/h16-22,29H,6-12H2,1-5H3/t16-,17-,18-,19-,20-,21+,22+,23-,24-,25+/m0/s1. The second-order valence-electron chi connectivity index (χ2n) is 11.6. The number of ether oxygens (including phenoxy) is 2. The maximum Gasteiger partial charge on any atom is 0.302 e. The number of rotatable bonds is 2. The molecule has 0 aromatic heterocycles. The van der Waals surface area contributed by atoms with Crippen molar-refractivity contribution in [2.45, 2.75) is 103 Å². The van der Waals surface area contributed by atoms with Crippen LogP contribution in [0, 0.1) is 34.5 Å². The van der Waals surface area contributed by atoms with Gasteiger partial charge in [-0.1, -0.05) is 13.8 Å². The zero-order valence-corrected chi connectivity index (χ0v) is 19.5. The van der Waals surface area contributed by atoms with Gasteiger partial charge in [0.1, 0.15) is 12.2 Å². The third kappa shape index (κ3) is 2.69. The summed E-state index contributed by atoms with van der Waals surface area (Å²) in [5.41, 5.74) is -1.18. The Labute approximate surface area is 185 Å². The number of carbonyl (C=O) groups excluding carboxylic acids is 2. The van der Waals surface area contributed by atoms with Crippen LogP contribution in [0.15, 0.2) is 4.99 Å². The van der Waals surface area contributed by atoms with Gasteiger partial charge in [0.05, 0.1) is 6.10 Å². The lowest BCUT2D eigenvalue weighted by molar-refractivity contribution is -0.186. The molecule has 1 N–H and O–H groups in total. The van der Waals surface area contributed by atoms with Crippen molar-refractivity contribution in [1.82, 2.24) is 0 Å². The summed E-state index contributed by atoms with van der Waals surface area (Å²) in [7, 11) is 0. The monoisotopic (exact) mass is 431 g/mol. The van der Waals surface area contributed by atoms with Gasteiger partial charge in [0.15, 0.2) is 17.2 Å². The van der Waals surface area contributed by atoms with Gasteiger partial charge in [-0.25, -0.2) is 4.99 Å². The summed E-state index contributed by atoms with van der Waals surface area (Å²) in [6.45, 7) is 9.54. The van der Waals surface area contributed by atoms with Gasteiger partial charge in [0, 0.05) is 19.3 Å². The lowest BCUT2D eigenvalue weighted by atomic mass is 9.43. The number of aliphatic hydroxyl groups excluding tert-OH is 1. The Balaban J connectivity index is 1.48. The van der Waals surface area contributed by atoms with Gasteiger partial charge in [-0.15, -0.1) is 0 Å². The molecule has 1 heterocycles. The van der Waals surface area contributed by atoms with Crippen LogP contribution in [0.3, 0.4) is 0 Å². The Morgan fingerprint density at radius 2 is 1.90 bits per heavy atom. The van der Waals surface area contributed by atoms with E-state index in [1.807, 2.05) is 6.92 Å². The van der Waals surface area contributed by atoms with Crippen LogP contribution in [-0.2, 0) is 19.1 Å². The lowest BCUT2D eigenvalue weighted by Gasteiger charge is -2.62. The van der Waals surface area contributed by atoms with Gasteiger partial charge in [0.25, 0.3) is 0 Å². The van der Waals surface area contributed by atoms with Gasteiger partial charge in [0.2, 0.25) is 0 Å². The van der Waals surface area contributed by atoms with Crippen molar-refractivity contribution in [2.75, 3.05) is 0 Å². The molecule has 0 aromatic carbocycles. The fourth-order valence-corrected chi connectivity index (χ4v) is 9.20. The van der Waals surface area contributed by atoms with E-state index in [1.54, 1.807) is 6.92 Å². The van der Waals surface area contributed by atoms with E-state index < -0.39 is 11.6 Å². The summed E-state index contributed by atoms with van der Waals surface area (Å²) < 4.78 is 11.7. The molecule has 0 saturated heterocycles. The SMILES string of the molecule is CC(=O)O[C@H]1CC[C@@]2(C)[C@@H](CC[C@@H]3[C@@H]2[C@@H](O)C[C@@]2(C)[C@H]3C[C@H]3OC(C)=N[C@]32C(C)=O)C1. The highest BCUT2D eigenvalue weighted by atomic mass is 16.5. The number of hydrogen-bond donors (Lipinski definition) is 1. The molecule has 0 radical (unpaired) electrons. The predicted octanol–water partition coefficient (Wildman–Crippen LogP) is 3.69. The number of aliphatic hydroxyl groups is 1. The van der Waals surface area contributed by atoms with Crippen LogP contribution >= 0.6 is 0 Å². The molecule has 0 amide bonds. The van der Waals surface area contributed by atoms with E-state index in [-0.39, 0.29) is 40.7 Å². The van der Waals surface area contributed by atoms with E-state index in [9.17, 15) is 14.7 Å². The maximum atomic E-state index is 13.0. The Bertz CT molecular complexity index is 840. The van der Waals surface area contributed by atoms with Crippen molar-refractivity contribution in [1.29, 1.82) is 0 Å². The third-order valence-corrected chi connectivity index (χ3v) is 10.3. The predicted molar refractivity (Wildman–Crippen MR) is 115 cm³/mol. The van der Waals surface area contributed by atoms with Crippen LogP contribution < -0.4 is 0 Å². The van der Waals surface area contributed by atoms with E-state index in [0.717, 1.165) is 38.5 Å². The van der Waals surface area contributed by atoms with E-state index >= 15 is 0 Å². The first kappa shape index (κ1) is 21.4. The number of Topliss-reactive ketones (excluding diaryl/α,β-unsaturated/α-hetero) is 1. The summed E-state index contributed by atoms with van der Waals surface area (Å²) in [5.74, 6) is 1.87. The number of ketones is 1. The molecule has 5 aliphatic rings. The fraction of sp³-hybridized carbons (Fsp3) is 0.880. The highest BCUT2D eigenvalue weighted by Crippen LogP contribution is 2.70. The fourth-order valence-electron chi connectivity index (χ4n) is 9.20. The van der Waals surface area contributed by atoms with Gasteiger partial charge < -0.3 is 14.6 Å². The van der Waals surface area contributed by atoms with Crippen LogP contribution in [-0.4, -0.2) is 46.6 Å². The topological polar surface area (TPSA) is 85.2 Å². The molecule has 4 aliphatic carbocycles. The summed E-state index contributed by atoms with van der Waals surface area (Å²) in [6, 6.07) is 0. The highest BCUT2D eigenvalue weighted by Gasteiger charge is 2.74. The molecule has 6 nitrogen and oxygen atoms in total. The molecule has 0 spiro atoms. The van der Waals surface area contributed by atoms with Crippen LogP contribution in [0.4, 0.5) is 0 Å². The van der Waals surface area contributed by atoms with Crippen molar-refractivity contribution in [3.05, 3.63) is 0 Å². The summed E-state index contributed by atoms with van der Waals surface area (Å²) in [4.78, 5) is 29.3. The summed E-state index contributed by atoms with van der Waals surface area (Å²) in [5, 5.41) is 11.6. The summed E-state index contributed by atoms with van der Waals surface area (Å²) in [6.07, 6.45) is 5.71. The van der Waals surface area contributed by atoms with Gasteiger partial charge in [-0.05, 0) is 81.0 Å². The number of esters is 1. The average molecular weight is 432 g/mol. The van der Waals surface area contributed by atoms with Crippen LogP contribution in [0.2, 0.25) is 0 Å². The molecule has 10 atom stereocenters. The van der Waals surface area contributed by atoms with Crippen LogP contribution in [0.1, 0.15) is 79.6 Å². The molecule has 172 valence electrons. The van der Waals surface area contributed by atoms with Crippen molar-refractivity contribution in [3.63, 3.8) is 0 Å². The first-order chi connectivity index (χ1) is 14.5. The zero-order valence-electron chi connectivity index (χ0n) is 19.5. The van der Waals surface area contributed by atoms with Crippen LogP contribution in [0.25, 0.3) is 0 Å². The first-order valence-corrected chi connectivity index (χ1v) is 12.1. The van der Waals surface area contributed by atoms with Crippen molar-refractivity contribution < 1.29 is 24.2 Å². The Morgan fingerprint density at radius 3 is 2.58 bits per heavy atom.